The minimum absolute atomic E-state index is 0.175. The summed E-state index contributed by atoms with van der Waals surface area (Å²) in [6, 6.07) is 5.10. The Hall–Kier alpha value is -1.26. The maximum Gasteiger partial charge on any atom is 0.126 e. The first-order chi connectivity index (χ1) is 8.61. The number of nitrogens with two attached hydrogens (primary N) is 1. The van der Waals surface area contributed by atoms with Crippen molar-refractivity contribution in [1.82, 2.24) is 4.98 Å². The van der Waals surface area contributed by atoms with Gasteiger partial charge in [-0.05, 0) is 43.7 Å². The Morgan fingerprint density at radius 2 is 2.22 bits per heavy atom. The Morgan fingerprint density at radius 3 is 2.89 bits per heavy atom. The number of hydrogen-bond donors (Lipinski definition) is 1. The molecule has 0 amide bonds. The fourth-order valence-electron chi connectivity index (χ4n) is 1.82. The molecule has 0 aliphatic carbocycles. The number of benzene rings is 1. The minimum Gasteiger partial charge on any atom is -0.330 e. The third-order valence-electron chi connectivity index (χ3n) is 3.00. The van der Waals surface area contributed by atoms with E-state index in [-0.39, 0.29) is 5.82 Å². The highest BCUT2D eigenvalue weighted by Crippen LogP contribution is 2.28. The lowest BCUT2D eigenvalue weighted by atomic mass is 10.1. The van der Waals surface area contributed by atoms with Gasteiger partial charge in [-0.2, -0.15) is 0 Å². The number of aromatic nitrogens is 1. The second-order valence-corrected chi connectivity index (χ2v) is 5.40. The molecule has 2 N–H and O–H groups in total. The highest BCUT2D eigenvalue weighted by Gasteiger charge is 2.11. The van der Waals surface area contributed by atoms with Gasteiger partial charge in [0.15, 0.2) is 0 Å². The van der Waals surface area contributed by atoms with Crippen LogP contribution in [-0.4, -0.2) is 11.5 Å². The number of nitrogens with zero attached hydrogens (tertiary/aromatic N) is 1. The van der Waals surface area contributed by atoms with Crippen LogP contribution in [0.4, 0.5) is 4.39 Å². The minimum atomic E-state index is -0.175. The number of aryl methyl sites for hydroxylation is 1. The molecule has 2 rings (SSSR count). The monoisotopic (exact) mass is 264 g/mol. The predicted octanol–water partition coefficient (Wildman–Crippen LogP) is 3.71. The molecule has 2 aromatic rings. The molecule has 4 heteroatoms. The molecule has 0 spiro atoms. The predicted molar refractivity (Wildman–Crippen MR) is 74.3 cm³/mol. The first-order valence-electron chi connectivity index (χ1n) is 6.04. The van der Waals surface area contributed by atoms with Gasteiger partial charge in [0, 0.05) is 16.9 Å². The standard InChI is InChI=1S/C14H17FN2S/c1-9(5-6-16)14-17-13(8-18-14)11-3-4-12(15)10(2)7-11/h3-4,7-9H,5-6,16H2,1-2H3. The Balaban J connectivity index is 2.26. The molecular weight excluding hydrogens is 247 g/mol. The summed E-state index contributed by atoms with van der Waals surface area (Å²) in [6.07, 6.45) is 0.940. The van der Waals surface area contributed by atoms with Crippen LogP contribution < -0.4 is 5.73 Å². The van der Waals surface area contributed by atoms with Crippen molar-refractivity contribution in [2.75, 3.05) is 6.54 Å². The molecule has 0 radical (unpaired) electrons. The van der Waals surface area contributed by atoms with Gasteiger partial charge in [-0.3, -0.25) is 0 Å². The van der Waals surface area contributed by atoms with Crippen LogP contribution >= 0.6 is 11.3 Å². The van der Waals surface area contributed by atoms with E-state index in [1.165, 1.54) is 6.07 Å². The zero-order valence-electron chi connectivity index (χ0n) is 10.6. The second kappa shape index (κ2) is 5.59. The molecule has 1 atom stereocenters. The summed E-state index contributed by atoms with van der Waals surface area (Å²) in [7, 11) is 0. The van der Waals surface area contributed by atoms with E-state index in [0.29, 0.717) is 18.0 Å². The van der Waals surface area contributed by atoms with Gasteiger partial charge in [0.1, 0.15) is 5.82 Å². The van der Waals surface area contributed by atoms with Crippen LogP contribution in [0.5, 0.6) is 0 Å². The molecule has 1 aromatic heterocycles. The number of thiazole rings is 1. The second-order valence-electron chi connectivity index (χ2n) is 4.51. The van der Waals surface area contributed by atoms with Gasteiger partial charge >= 0.3 is 0 Å². The van der Waals surface area contributed by atoms with E-state index in [0.717, 1.165) is 22.7 Å². The third kappa shape index (κ3) is 2.76. The first-order valence-corrected chi connectivity index (χ1v) is 6.91. The van der Waals surface area contributed by atoms with Crippen molar-refractivity contribution in [3.8, 4) is 11.3 Å². The Morgan fingerprint density at radius 1 is 1.44 bits per heavy atom. The largest absolute Gasteiger partial charge is 0.330 e. The Labute approximate surface area is 111 Å². The molecule has 0 saturated heterocycles. The zero-order chi connectivity index (χ0) is 13.1. The third-order valence-corrected chi connectivity index (χ3v) is 4.07. The van der Waals surface area contributed by atoms with Crippen molar-refractivity contribution in [1.29, 1.82) is 0 Å². The maximum atomic E-state index is 13.2. The number of rotatable bonds is 4. The van der Waals surface area contributed by atoms with Crippen LogP contribution in [0.1, 0.15) is 29.8 Å². The van der Waals surface area contributed by atoms with E-state index in [2.05, 4.69) is 11.9 Å². The van der Waals surface area contributed by atoms with E-state index < -0.39 is 0 Å². The SMILES string of the molecule is Cc1cc(-c2csc(C(C)CCN)n2)ccc1F. The summed E-state index contributed by atoms with van der Waals surface area (Å²) in [5, 5.41) is 3.12. The van der Waals surface area contributed by atoms with Crippen LogP contribution in [0.25, 0.3) is 11.3 Å². The van der Waals surface area contributed by atoms with Gasteiger partial charge in [-0.15, -0.1) is 11.3 Å². The average molecular weight is 264 g/mol. The van der Waals surface area contributed by atoms with Crippen LogP contribution in [-0.2, 0) is 0 Å². The molecule has 1 heterocycles. The molecule has 18 heavy (non-hydrogen) atoms. The fourth-order valence-corrected chi connectivity index (χ4v) is 2.75. The van der Waals surface area contributed by atoms with Crippen molar-refractivity contribution in [3.63, 3.8) is 0 Å². The highest BCUT2D eigenvalue weighted by atomic mass is 32.1. The van der Waals surface area contributed by atoms with Crippen molar-refractivity contribution < 1.29 is 4.39 Å². The topological polar surface area (TPSA) is 38.9 Å². The van der Waals surface area contributed by atoms with Crippen LogP contribution in [0.2, 0.25) is 0 Å². The average Bonchev–Trinajstić information content (AvgIpc) is 2.82. The van der Waals surface area contributed by atoms with Gasteiger partial charge < -0.3 is 5.73 Å². The van der Waals surface area contributed by atoms with Gasteiger partial charge in [-0.1, -0.05) is 6.92 Å². The lowest BCUT2D eigenvalue weighted by Crippen LogP contribution is -2.04. The zero-order valence-corrected chi connectivity index (χ0v) is 11.4. The van der Waals surface area contributed by atoms with Crippen molar-refractivity contribution in [2.24, 2.45) is 5.73 Å². The van der Waals surface area contributed by atoms with E-state index in [4.69, 9.17) is 5.73 Å². The Bertz CT molecular complexity index is 536. The quantitative estimate of drug-likeness (QED) is 0.914. The summed E-state index contributed by atoms with van der Waals surface area (Å²) >= 11 is 1.64. The summed E-state index contributed by atoms with van der Waals surface area (Å²) in [4.78, 5) is 4.61. The summed E-state index contributed by atoms with van der Waals surface area (Å²) < 4.78 is 13.2. The molecule has 96 valence electrons. The normalized spacial score (nSPS) is 12.7. The molecular formula is C14H17FN2S. The molecule has 1 unspecified atom stereocenters. The van der Waals surface area contributed by atoms with Gasteiger partial charge in [0.05, 0.1) is 10.7 Å². The van der Waals surface area contributed by atoms with Gasteiger partial charge in [0.25, 0.3) is 0 Å². The van der Waals surface area contributed by atoms with Crippen LogP contribution in [0, 0.1) is 12.7 Å². The molecule has 0 aliphatic rings. The summed E-state index contributed by atoms with van der Waals surface area (Å²) in [5.74, 6) is 0.209. The maximum absolute atomic E-state index is 13.2. The highest BCUT2D eigenvalue weighted by molar-refractivity contribution is 7.10. The van der Waals surface area contributed by atoms with Gasteiger partial charge in [-0.25, -0.2) is 9.37 Å². The number of halogens is 1. The molecule has 2 nitrogen and oxygen atoms in total. The fraction of sp³-hybridized carbons (Fsp3) is 0.357. The van der Waals surface area contributed by atoms with Gasteiger partial charge in [0.2, 0.25) is 0 Å². The summed E-state index contributed by atoms with van der Waals surface area (Å²) in [6.45, 7) is 4.57. The lowest BCUT2D eigenvalue weighted by Gasteiger charge is -2.05. The number of hydrogen-bond acceptors (Lipinski definition) is 3. The van der Waals surface area contributed by atoms with Crippen LogP contribution in [0.3, 0.4) is 0 Å². The smallest absolute Gasteiger partial charge is 0.126 e. The van der Waals surface area contributed by atoms with E-state index in [1.807, 2.05) is 11.4 Å². The van der Waals surface area contributed by atoms with E-state index in [1.54, 1.807) is 24.3 Å². The first kappa shape index (κ1) is 13.2. The van der Waals surface area contributed by atoms with E-state index >= 15 is 0 Å². The lowest BCUT2D eigenvalue weighted by molar-refractivity contribution is 0.618. The van der Waals surface area contributed by atoms with Crippen molar-refractivity contribution in [2.45, 2.75) is 26.2 Å². The van der Waals surface area contributed by atoms with E-state index in [9.17, 15) is 4.39 Å². The molecule has 0 bridgehead atoms. The van der Waals surface area contributed by atoms with Crippen molar-refractivity contribution >= 4 is 11.3 Å². The molecule has 0 aliphatic heterocycles. The molecule has 1 aromatic carbocycles. The van der Waals surface area contributed by atoms with Crippen molar-refractivity contribution in [3.05, 3.63) is 40.0 Å². The van der Waals surface area contributed by atoms with Crippen LogP contribution in [0.15, 0.2) is 23.6 Å². The summed E-state index contributed by atoms with van der Waals surface area (Å²) in [5.41, 5.74) is 8.09. The molecule has 0 fully saturated rings. The molecule has 0 saturated carbocycles. The Kier molecular flexibility index (Phi) is 4.09.